The first-order chi connectivity index (χ1) is 14.8. The lowest BCUT2D eigenvalue weighted by atomic mass is 9.32. The molecule has 5 rings (SSSR count). The molecule has 1 N–H and O–H groups in total. The predicted octanol–water partition coefficient (Wildman–Crippen LogP) is 8.12. The number of carboxylic acid groups (broad SMARTS) is 1. The number of rotatable bonds is 2. The predicted molar refractivity (Wildman–Crippen MR) is 131 cm³/mol. The van der Waals surface area contributed by atoms with E-state index in [0.717, 1.165) is 42.1 Å². The Balaban J connectivity index is 1.53. The average Bonchev–Trinajstić information content (AvgIpc) is 3.07. The molecule has 0 radical (unpaired) electrons. The SMILES string of the molecule is CC(C)[C@H]1CC[C@@H]2[C@]1(C)CC[C@]1(C)[C@@H]3CC[C@]4(C)C(C(=O)O)=CCC[C@H]4[C@]3(C)CC[C@@]21C. The van der Waals surface area contributed by atoms with Crippen molar-refractivity contribution in [2.24, 2.45) is 56.7 Å². The quantitative estimate of drug-likeness (QED) is 0.471. The van der Waals surface area contributed by atoms with E-state index in [-0.39, 0.29) is 10.8 Å². The van der Waals surface area contributed by atoms with Crippen LogP contribution < -0.4 is 0 Å². The highest BCUT2D eigenvalue weighted by atomic mass is 16.4. The van der Waals surface area contributed by atoms with Gasteiger partial charge in [-0.3, -0.25) is 0 Å². The third-order valence-electron chi connectivity index (χ3n) is 13.4. The summed E-state index contributed by atoms with van der Waals surface area (Å²) in [4.78, 5) is 12.2. The molecule has 0 spiro atoms. The number of hydrogen-bond acceptors (Lipinski definition) is 1. The van der Waals surface area contributed by atoms with Crippen LogP contribution in [0.1, 0.15) is 113 Å². The second kappa shape index (κ2) is 6.88. The van der Waals surface area contributed by atoms with Crippen LogP contribution in [0, 0.1) is 56.7 Å². The molecule has 0 aromatic heterocycles. The molecule has 180 valence electrons. The van der Waals surface area contributed by atoms with Crippen LogP contribution in [0.3, 0.4) is 0 Å². The minimum absolute atomic E-state index is 0.140. The van der Waals surface area contributed by atoms with Crippen molar-refractivity contribution < 1.29 is 9.90 Å². The maximum Gasteiger partial charge on any atom is 0.331 e. The molecule has 0 heterocycles. The van der Waals surface area contributed by atoms with Crippen LogP contribution in [0.15, 0.2) is 11.6 Å². The first kappa shape index (κ1) is 23.0. The molecule has 9 atom stereocenters. The highest BCUT2D eigenvalue weighted by Gasteiger charge is 2.71. The van der Waals surface area contributed by atoms with E-state index in [9.17, 15) is 9.90 Å². The minimum Gasteiger partial charge on any atom is -0.478 e. The standard InChI is InChI=1S/C30H48O2/c1-19(2)20-11-12-23-27(20,4)15-17-30(7)24-13-14-26(3)21(25(31)32)9-8-10-22(26)28(24,5)16-18-29(23,30)6/h9,19-20,22-24H,8,10-18H2,1-7H3,(H,31,32)/t20-,22-,23-,24-,26-,27-,28+,29+,30-/m1/s1. The minimum atomic E-state index is -0.662. The number of carbonyl (C=O) groups is 1. The lowest BCUT2D eigenvalue weighted by Crippen LogP contribution is -2.66. The molecule has 0 aliphatic heterocycles. The van der Waals surface area contributed by atoms with E-state index in [1.807, 2.05) is 0 Å². The molecular formula is C30H48O2. The average molecular weight is 441 g/mol. The summed E-state index contributed by atoms with van der Waals surface area (Å²) in [6.45, 7) is 17.9. The maximum absolute atomic E-state index is 12.2. The van der Waals surface area contributed by atoms with Crippen molar-refractivity contribution in [1.29, 1.82) is 0 Å². The van der Waals surface area contributed by atoms with Crippen LogP contribution in [-0.4, -0.2) is 11.1 Å². The summed E-state index contributed by atoms with van der Waals surface area (Å²) < 4.78 is 0. The summed E-state index contributed by atoms with van der Waals surface area (Å²) in [6, 6.07) is 0. The van der Waals surface area contributed by atoms with Gasteiger partial charge >= 0.3 is 5.97 Å². The van der Waals surface area contributed by atoms with Gasteiger partial charge in [0, 0.05) is 11.0 Å². The number of hydrogen-bond donors (Lipinski definition) is 1. The van der Waals surface area contributed by atoms with Gasteiger partial charge in [-0.25, -0.2) is 4.79 Å². The molecule has 0 unspecified atom stereocenters. The van der Waals surface area contributed by atoms with Crippen LogP contribution >= 0.6 is 0 Å². The maximum atomic E-state index is 12.2. The zero-order chi connectivity index (χ0) is 23.3. The third-order valence-corrected chi connectivity index (χ3v) is 13.4. The fourth-order valence-electron chi connectivity index (χ4n) is 11.8. The smallest absolute Gasteiger partial charge is 0.331 e. The number of aliphatic carboxylic acids is 1. The van der Waals surface area contributed by atoms with Gasteiger partial charge < -0.3 is 5.11 Å². The van der Waals surface area contributed by atoms with E-state index in [1.54, 1.807) is 0 Å². The molecule has 2 nitrogen and oxygen atoms in total. The first-order valence-electron chi connectivity index (χ1n) is 13.8. The Labute approximate surface area is 197 Å². The fraction of sp³-hybridized carbons (Fsp3) is 0.900. The number of fused-ring (bicyclic) bond motifs is 7. The van der Waals surface area contributed by atoms with Crippen molar-refractivity contribution in [1.82, 2.24) is 0 Å². The molecule has 32 heavy (non-hydrogen) atoms. The van der Waals surface area contributed by atoms with Crippen molar-refractivity contribution in [2.75, 3.05) is 0 Å². The molecule has 5 aliphatic carbocycles. The Hall–Kier alpha value is -0.790. The van der Waals surface area contributed by atoms with Crippen molar-refractivity contribution >= 4 is 5.97 Å². The Morgan fingerprint density at radius 2 is 1.41 bits per heavy atom. The summed E-state index contributed by atoms with van der Waals surface area (Å²) in [5.41, 5.74) is 2.21. The molecule has 0 amide bonds. The largest absolute Gasteiger partial charge is 0.478 e. The second-order valence-corrected chi connectivity index (χ2v) is 14.4. The van der Waals surface area contributed by atoms with E-state index >= 15 is 0 Å². The van der Waals surface area contributed by atoms with Gasteiger partial charge in [0.05, 0.1) is 0 Å². The highest BCUT2D eigenvalue weighted by molar-refractivity contribution is 5.88. The van der Waals surface area contributed by atoms with Crippen molar-refractivity contribution in [2.45, 2.75) is 113 Å². The Morgan fingerprint density at radius 1 is 0.812 bits per heavy atom. The monoisotopic (exact) mass is 440 g/mol. The summed E-state index contributed by atoms with van der Waals surface area (Å²) in [7, 11) is 0. The molecule has 5 aliphatic rings. The summed E-state index contributed by atoms with van der Waals surface area (Å²) >= 11 is 0. The molecule has 0 aromatic rings. The van der Waals surface area contributed by atoms with Gasteiger partial charge in [-0.2, -0.15) is 0 Å². The topological polar surface area (TPSA) is 37.3 Å². The van der Waals surface area contributed by atoms with Gasteiger partial charge in [-0.1, -0.05) is 54.5 Å². The van der Waals surface area contributed by atoms with Crippen LogP contribution in [0.4, 0.5) is 0 Å². The molecule has 4 saturated carbocycles. The van der Waals surface area contributed by atoms with Crippen molar-refractivity contribution in [3.63, 3.8) is 0 Å². The van der Waals surface area contributed by atoms with Crippen molar-refractivity contribution in [3.05, 3.63) is 11.6 Å². The van der Waals surface area contributed by atoms with Crippen LogP contribution in [0.2, 0.25) is 0 Å². The second-order valence-electron chi connectivity index (χ2n) is 14.4. The zero-order valence-corrected chi connectivity index (χ0v) is 21.9. The van der Waals surface area contributed by atoms with E-state index in [4.69, 9.17) is 0 Å². The zero-order valence-electron chi connectivity index (χ0n) is 21.9. The Morgan fingerprint density at radius 3 is 2.00 bits per heavy atom. The van der Waals surface area contributed by atoms with Crippen molar-refractivity contribution in [3.8, 4) is 0 Å². The number of carboxylic acids is 1. The molecule has 0 bridgehead atoms. The van der Waals surface area contributed by atoms with Gasteiger partial charge in [-0.05, 0) is 115 Å². The van der Waals surface area contributed by atoms with E-state index in [0.29, 0.717) is 22.2 Å². The lowest BCUT2D eigenvalue weighted by Gasteiger charge is -2.73. The molecule has 0 saturated heterocycles. The molecule has 2 heteroatoms. The van der Waals surface area contributed by atoms with Gasteiger partial charge in [0.25, 0.3) is 0 Å². The Kier molecular flexibility index (Phi) is 4.94. The summed E-state index contributed by atoms with van der Waals surface area (Å²) in [5, 5.41) is 10.0. The van der Waals surface area contributed by atoms with E-state index < -0.39 is 5.97 Å². The van der Waals surface area contributed by atoms with Crippen LogP contribution in [-0.2, 0) is 4.79 Å². The third kappa shape index (κ3) is 2.56. The normalized spacial score (nSPS) is 54.8. The van der Waals surface area contributed by atoms with Gasteiger partial charge in [0.15, 0.2) is 0 Å². The summed E-state index contributed by atoms with van der Waals surface area (Å²) in [5.74, 6) is 3.14. The van der Waals surface area contributed by atoms with Crippen LogP contribution in [0.25, 0.3) is 0 Å². The van der Waals surface area contributed by atoms with Gasteiger partial charge in [0.2, 0.25) is 0 Å². The molecule has 4 fully saturated rings. The van der Waals surface area contributed by atoms with Gasteiger partial charge in [0.1, 0.15) is 0 Å². The van der Waals surface area contributed by atoms with Gasteiger partial charge in [-0.15, -0.1) is 0 Å². The summed E-state index contributed by atoms with van der Waals surface area (Å²) in [6.07, 6.45) is 14.8. The lowest BCUT2D eigenvalue weighted by molar-refractivity contribution is -0.235. The first-order valence-corrected chi connectivity index (χ1v) is 13.8. The fourth-order valence-corrected chi connectivity index (χ4v) is 11.8. The van der Waals surface area contributed by atoms with E-state index in [1.165, 1.54) is 51.4 Å². The molecular weight excluding hydrogens is 392 g/mol. The van der Waals surface area contributed by atoms with E-state index in [2.05, 4.69) is 54.5 Å². The van der Waals surface area contributed by atoms with Crippen LogP contribution in [0.5, 0.6) is 0 Å². The Bertz CT molecular complexity index is 842. The number of allylic oxidation sites excluding steroid dienone is 1. The molecule has 0 aromatic carbocycles. The highest BCUT2D eigenvalue weighted by Crippen LogP contribution is 2.78.